The second-order valence-corrected chi connectivity index (χ2v) is 8.80. The van der Waals surface area contributed by atoms with Crippen LogP contribution in [0.15, 0.2) is 34.9 Å². The molecule has 0 aliphatic heterocycles. The van der Waals surface area contributed by atoms with Crippen LogP contribution in [0.1, 0.15) is 59.8 Å². The number of ketones is 2. The van der Waals surface area contributed by atoms with Crippen molar-refractivity contribution in [3.05, 3.63) is 34.9 Å². The Bertz CT molecular complexity index is 722. The van der Waals surface area contributed by atoms with E-state index in [4.69, 9.17) is 0 Å². The summed E-state index contributed by atoms with van der Waals surface area (Å²) in [5.41, 5.74) is 3.67. The molecule has 2 heteroatoms. The zero-order chi connectivity index (χ0) is 17.3. The highest BCUT2D eigenvalue weighted by Gasteiger charge is 2.60. The van der Waals surface area contributed by atoms with E-state index in [2.05, 4.69) is 33.8 Å². The first-order valence-electron chi connectivity index (χ1n) is 9.46. The summed E-state index contributed by atoms with van der Waals surface area (Å²) in [4.78, 5) is 24.7. The van der Waals surface area contributed by atoms with Crippen molar-refractivity contribution in [2.75, 3.05) is 0 Å². The van der Waals surface area contributed by atoms with E-state index in [0.717, 1.165) is 32.1 Å². The van der Waals surface area contributed by atoms with E-state index in [-0.39, 0.29) is 16.6 Å². The minimum Gasteiger partial charge on any atom is -0.299 e. The average molecular weight is 324 g/mol. The van der Waals surface area contributed by atoms with Crippen LogP contribution in [0, 0.1) is 28.6 Å². The van der Waals surface area contributed by atoms with E-state index in [9.17, 15) is 9.59 Å². The van der Waals surface area contributed by atoms with Gasteiger partial charge in [-0.15, -0.1) is 0 Å². The second kappa shape index (κ2) is 5.03. The van der Waals surface area contributed by atoms with Crippen LogP contribution in [0.25, 0.3) is 0 Å². The van der Waals surface area contributed by atoms with Gasteiger partial charge in [-0.25, -0.2) is 0 Å². The fourth-order valence-electron chi connectivity index (χ4n) is 6.53. The summed E-state index contributed by atoms with van der Waals surface area (Å²) in [5.74, 6) is 2.27. The van der Waals surface area contributed by atoms with Crippen LogP contribution < -0.4 is 0 Å². The van der Waals surface area contributed by atoms with Crippen molar-refractivity contribution < 1.29 is 9.59 Å². The summed E-state index contributed by atoms with van der Waals surface area (Å²) in [7, 11) is 0. The Balaban J connectivity index is 1.84. The summed E-state index contributed by atoms with van der Waals surface area (Å²) in [5, 5.41) is 0. The lowest BCUT2D eigenvalue weighted by Gasteiger charge is -2.57. The number of allylic oxidation sites excluding steroid dienone is 6. The highest BCUT2D eigenvalue weighted by atomic mass is 16.1. The molecule has 128 valence electrons. The maximum absolute atomic E-state index is 12.5. The minimum atomic E-state index is -0.0975. The molecule has 3 fully saturated rings. The predicted octanol–water partition coefficient (Wildman–Crippen LogP) is 4.81. The van der Waals surface area contributed by atoms with Gasteiger partial charge in [-0.3, -0.25) is 9.59 Å². The van der Waals surface area contributed by atoms with Crippen molar-refractivity contribution in [3.8, 4) is 0 Å². The number of hydrogen-bond acceptors (Lipinski definition) is 2. The summed E-state index contributed by atoms with van der Waals surface area (Å²) in [6.07, 6.45) is 10.9. The van der Waals surface area contributed by atoms with Crippen LogP contribution in [0.5, 0.6) is 0 Å². The Morgan fingerprint density at radius 3 is 2.58 bits per heavy atom. The molecule has 0 spiro atoms. The fourth-order valence-corrected chi connectivity index (χ4v) is 6.53. The van der Waals surface area contributed by atoms with Crippen molar-refractivity contribution in [2.45, 2.75) is 59.8 Å². The number of fused-ring (bicyclic) bond motifs is 5. The van der Waals surface area contributed by atoms with E-state index in [1.165, 1.54) is 16.7 Å². The molecule has 0 saturated heterocycles. The minimum absolute atomic E-state index is 0.0361. The normalized spacial score (nSPS) is 46.2. The molecule has 0 aromatic heterocycles. The molecule has 0 heterocycles. The molecular formula is C22H28O2. The summed E-state index contributed by atoms with van der Waals surface area (Å²) < 4.78 is 0. The monoisotopic (exact) mass is 324 g/mol. The van der Waals surface area contributed by atoms with Crippen molar-refractivity contribution in [3.63, 3.8) is 0 Å². The molecule has 4 aliphatic rings. The molecule has 2 nitrogen and oxygen atoms in total. The van der Waals surface area contributed by atoms with Crippen LogP contribution in [0.3, 0.4) is 0 Å². The molecule has 4 aliphatic carbocycles. The van der Waals surface area contributed by atoms with Gasteiger partial charge in [0.25, 0.3) is 0 Å². The van der Waals surface area contributed by atoms with Gasteiger partial charge in [0.1, 0.15) is 5.78 Å². The lowest BCUT2D eigenvalue weighted by Crippen LogP contribution is -2.51. The molecule has 0 radical (unpaired) electrons. The third kappa shape index (κ3) is 1.83. The predicted molar refractivity (Wildman–Crippen MR) is 95.4 cm³/mol. The van der Waals surface area contributed by atoms with Crippen LogP contribution in [-0.4, -0.2) is 11.6 Å². The van der Waals surface area contributed by atoms with Crippen LogP contribution in [-0.2, 0) is 9.59 Å². The summed E-state index contributed by atoms with van der Waals surface area (Å²) >= 11 is 0. The summed E-state index contributed by atoms with van der Waals surface area (Å²) in [6, 6.07) is 0. The van der Waals surface area contributed by atoms with E-state index in [1.54, 1.807) is 0 Å². The quantitative estimate of drug-likeness (QED) is 0.641. The Labute approximate surface area is 145 Å². The summed E-state index contributed by atoms with van der Waals surface area (Å²) in [6.45, 7) is 8.79. The third-order valence-corrected chi connectivity index (χ3v) is 8.06. The zero-order valence-corrected chi connectivity index (χ0v) is 15.3. The molecular weight excluding hydrogens is 296 g/mol. The maximum Gasteiger partial charge on any atom is 0.178 e. The van der Waals surface area contributed by atoms with Gasteiger partial charge < -0.3 is 0 Å². The molecule has 0 unspecified atom stereocenters. The Morgan fingerprint density at radius 1 is 1.12 bits per heavy atom. The van der Waals surface area contributed by atoms with E-state index >= 15 is 0 Å². The molecule has 4 rings (SSSR count). The van der Waals surface area contributed by atoms with Crippen molar-refractivity contribution in [1.29, 1.82) is 0 Å². The molecule has 5 atom stereocenters. The Hall–Kier alpha value is -1.44. The average Bonchev–Trinajstić information content (AvgIpc) is 2.84. The molecule has 0 bridgehead atoms. The van der Waals surface area contributed by atoms with Gasteiger partial charge in [-0.2, -0.15) is 0 Å². The molecule has 3 saturated carbocycles. The zero-order valence-electron chi connectivity index (χ0n) is 15.3. The molecule has 0 aromatic carbocycles. The van der Waals surface area contributed by atoms with Crippen molar-refractivity contribution in [1.82, 2.24) is 0 Å². The highest BCUT2D eigenvalue weighted by molar-refractivity contribution is 6.02. The Kier molecular flexibility index (Phi) is 3.37. The topological polar surface area (TPSA) is 34.1 Å². The second-order valence-electron chi connectivity index (χ2n) is 8.80. The first-order chi connectivity index (χ1) is 11.3. The lowest BCUT2D eigenvalue weighted by molar-refractivity contribution is -0.131. The van der Waals surface area contributed by atoms with Gasteiger partial charge in [0.2, 0.25) is 0 Å². The lowest BCUT2D eigenvalue weighted by atomic mass is 9.46. The number of carbonyl (C=O) groups is 2. The maximum atomic E-state index is 12.5. The smallest absolute Gasteiger partial charge is 0.178 e. The fraction of sp³-hybridized carbons (Fsp3) is 0.636. The van der Waals surface area contributed by atoms with Gasteiger partial charge in [0.15, 0.2) is 5.78 Å². The van der Waals surface area contributed by atoms with E-state index in [1.807, 2.05) is 12.2 Å². The first-order valence-corrected chi connectivity index (χ1v) is 9.46. The van der Waals surface area contributed by atoms with Gasteiger partial charge in [-0.05, 0) is 80.6 Å². The van der Waals surface area contributed by atoms with Crippen LogP contribution in [0.2, 0.25) is 0 Å². The van der Waals surface area contributed by atoms with Gasteiger partial charge in [-0.1, -0.05) is 25.5 Å². The third-order valence-electron chi connectivity index (χ3n) is 8.06. The van der Waals surface area contributed by atoms with E-state index < -0.39 is 0 Å². The SMILES string of the molecule is C/C=C1\C[C@@H]2[C@H](CC[C@]3(C)C(=O)CC[C@@H]23)[C@@]2(C)C(C)=CC(=O)C=C12. The highest BCUT2D eigenvalue weighted by Crippen LogP contribution is 2.65. The standard InChI is InChI=1S/C22H28O2/c1-5-14-11-16-17-6-7-20(24)21(17,3)9-8-18(16)22(4)13(2)10-15(23)12-19(14)22/h5,10,12,16-18H,6-9,11H2,1-4H3/b14-5+/t16-,17-,18-,21-,22+/m0/s1. The van der Waals surface area contributed by atoms with Gasteiger partial charge >= 0.3 is 0 Å². The Morgan fingerprint density at radius 2 is 1.88 bits per heavy atom. The first kappa shape index (κ1) is 16.1. The number of rotatable bonds is 0. The number of Topliss-reactive ketones (excluding diaryl/α,β-unsaturated/α-hetero) is 1. The number of hydrogen-bond donors (Lipinski definition) is 0. The van der Waals surface area contributed by atoms with E-state index in [0.29, 0.717) is 23.5 Å². The van der Waals surface area contributed by atoms with Crippen LogP contribution >= 0.6 is 0 Å². The van der Waals surface area contributed by atoms with Crippen molar-refractivity contribution in [2.24, 2.45) is 28.6 Å². The molecule has 24 heavy (non-hydrogen) atoms. The molecule has 0 amide bonds. The molecule has 0 N–H and O–H groups in total. The van der Waals surface area contributed by atoms with Gasteiger partial charge in [0.05, 0.1) is 0 Å². The van der Waals surface area contributed by atoms with Gasteiger partial charge in [0, 0.05) is 17.3 Å². The van der Waals surface area contributed by atoms with Crippen LogP contribution in [0.4, 0.5) is 0 Å². The largest absolute Gasteiger partial charge is 0.299 e. The van der Waals surface area contributed by atoms with Crippen molar-refractivity contribution >= 4 is 11.6 Å². The molecule has 0 aromatic rings. The number of carbonyl (C=O) groups excluding carboxylic acids is 2.